The zero-order valence-corrected chi connectivity index (χ0v) is 23.1. The van der Waals surface area contributed by atoms with Crippen LogP contribution in [0.5, 0.6) is 0 Å². The van der Waals surface area contributed by atoms with Crippen LogP contribution in [0.4, 0.5) is 34.1 Å². The van der Waals surface area contributed by atoms with E-state index in [0.29, 0.717) is 0 Å². The Bertz CT molecular complexity index is 2020. The minimum absolute atomic E-state index is 1.14. The van der Waals surface area contributed by atoms with Crippen LogP contribution in [-0.4, -0.2) is 0 Å². The number of hydrogen-bond donors (Lipinski definition) is 0. The van der Waals surface area contributed by atoms with Gasteiger partial charge in [-0.15, -0.1) is 0 Å². The summed E-state index contributed by atoms with van der Waals surface area (Å²) in [4.78, 5) is 4.70. The van der Waals surface area contributed by atoms with E-state index in [-0.39, 0.29) is 0 Å². The summed E-state index contributed by atoms with van der Waals surface area (Å²) in [5, 5.41) is 7.58. The fourth-order valence-electron chi connectivity index (χ4n) is 6.29. The zero-order valence-electron chi connectivity index (χ0n) is 23.1. The van der Waals surface area contributed by atoms with Gasteiger partial charge in [0.15, 0.2) is 0 Å². The molecule has 8 aromatic carbocycles. The zero-order chi connectivity index (χ0) is 27.9. The monoisotopic (exact) mass is 536 g/mol. The first-order valence-corrected chi connectivity index (χ1v) is 14.4. The molecule has 0 N–H and O–H groups in total. The van der Waals surface area contributed by atoms with E-state index >= 15 is 0 Å². The number of benzene rings is 8. The van der Waals surface area contributed by atoms with Gasteiger partial charge in [0, 0.05) is 33.8 Å². The highest BCUT2D eigenvalue weighted by Crippen LogP contribution is 2.45. The number of hydrogen-bond acceptors (Lipinski definition) is 2. The molecule has 0 amide bonds. The van der Waals surface area contributed by atoms with Gasteiger partial charge in [0.1, 0.15) is 0 Å². The van der Waals surface area contributed by atoms with E-state index in [1.54, 1.807) is 0 Å². The Hall–Kier alpha value is -5.60. The van der Waals surface area contributed by atoms with Crippen LogP contribution in [-0.2, 0) is 0 Å². The second-order valence-corrected chi connectivity index (χ2v) is 10.6. The molecule has 0 spiro atoms. The normalized spacial score (nSPS) is 11.3. The van der Waals surface area contributed by atoms with Crippen molar-refractivity contribution in [3.8, 4) is 0 Å². The van der Waals surface area contributed by atoms with Crippen LogP contribution in [0.15, 0.2) is 170 Å². The lowest BCUT2D eigenvalue weighted by atomic mass is 9.92. The lowest BCUT2D eigenvalue weighted by Crippen LogP contribution is -2.10. The Labute approximate surface area is 245 Å². The van der Waals surface area contributed by atoms with E-state index < -0.39 is 0 Å². The van der Waals surface area contributed by atoms with Crippen molar-refractivity contribution in [2.24, 2.45) is 0 Å². The van der Waals surface area contributed by atoms with Crippen molar-refractivity contribution in [2.75, 3.05) is 9.80 Å². The third-order valence-corrected chi connectivity index (χ3v) is 8.12. The molecule has 0 bridgehead atoms. The molecule has 0 atom stereocenters. The second-order valence-electron chi connectivity index (χ2n) is 10.6. The molecule has 0 aliphatic rings. The van der Waals surface area contributed by atoms with Crippen LogP contribution in [0.1, 0.15) is 0 Å². The molecule has 0 saturated carbocycles. The average Bonchev–Trinajstić information content (AvgIpc) is 3.06. The first kappa shape index (κ1) is 24.2. The topological polar surface area (TPSA) is 6.48 Å². The van der Waals surface area contributed by atoms with Crippen molar-refractivity contribution in [3.63, 3.8) is 0 Å². The molecular weight excluding hydrogens is 508 g/mol. The SMILES string of the molecule is c1ccc(N(c2ccccc2)c2cc3ccc4ccc(N(c5ccccc5)c5ccccc5)c5ccc(c2)c3c45)cc1. The third kappa shape index (κ3) is 4.05. The largest absolute Gasteiger partial charge is 0.310 e. The summed E-state index contributed by atoms with van der Waals surface area (Å²) in [6.07, 6.45) is 0. The number of nitrogens with zero attached hydrogens (tertiary/aromatic N) is 2. The van der Waals surface area contributed by atoms with E-state index in [4.69, 9.17) is 0 Å². The molecule has 0 heterocycles. The van der Waals surface area contributed by atoms with Crippen molar-refractivity contribution in [1.82, 2.24) is 0 Å². The summed E-state index contributed by atoms with van der Waals surface area (Å²) in [5.74, 6) is 0. The Kier molecular flexibility index (Phi) is 5.82. The summed E-state index contributed by atoms with van der Waals surface area (Å²) in [7, 11) is 0. The van der Waals surface area contributed by atoms with Crippen molar-refractivity contribution >= 4 is 66.4 Å². The fraction of sp³-hybridized carbons (Fsp3) is 0. The third-order valence-electron chi connectivity index (χ3n) is 8.12. The van der Waals surface area contributed by atoms with E-state index in [0.717, 1.165) is 28.4 Å². The molecule has 0 unspecified atom stereocenters. The fourth-order valence-corrected chi connectivity index (χ4v) is 6.29. The lowest BCUT2D eigenvalue weighted by molar-refractivity contribution is 1.29. The standard InChI is InChI=1S/C40H28N2/c1-5-13-32(14-6-1)41(33-15-7-2-8-16-33)36-27-30-22-21-29-24-26-38(37-25-23-31(28-36)39(30)40(29)37)42(34-17-9-3-10-18-34)35-19-11-4-12-20-35/h1-28H. The molecule has 198 valence electrons. The van der Waals surface area contributed by atoms with Gasteiger partial charge < -0.3 is 9.80 Å². The maximum Gasteiger partial charge on any atom is 0.0540 e. The summed E-state index contributed by atoms with van der Waals surface area (Å²) in [5.41, 5.74) is 6.88. The van der Waals surface area contributed by atoms with Crippen LogP contribution >= 0.6 is 0 Å². The van der Waals surface area contributed by atoms with Crippen LogP contribution in [0, 0.1) is 0 Å². The number of anilines is 6. The highest BCUT2D eigenvalue weighted by molar-refractivity contribution is 6.26. The van der Waals surface area contributed by atoms with Crippen molar-refractivity contribution in [2.45, 2.75) is 0 Å². The van der Waals surface area contributed by atoms with Crippen molar-refractivity contribution in [1.29, 1.82) is 0 Å². The van der Waals surface area contributed by atoms with Gasteiger partial charge in [-0.1, -0.05) is 103 Å². The van der Waals surface area contributed by atoms with Gasteiger partial charge in [-0.2, -0.15) is 0 Å². The average molecular weight is 537 g/mol. The van der Waals surface area contributed by atoms with Gasteiger partial charge in [-0.05, 0) is 93.7 Å². The summed E-state index contributed by atoms with van der Waals surface area (Å²) < 4.78 is 0. The van der Waals surface area contributed by atoms with Crippen molar-refractivity contribution < 1.29 is 0 Å². The highest BCUT2D eigenvalue weighted by atomic mass is 15.1. The minimum atomic E-state index is 1.14. The Morgan fingerprint density at radius 1 is 0.286 bits per heavy atom. The first-order chi connectivity index (χ1) is 20.8. The molecule has 2 heteroatoms. The Morgan fingerprint density at radius 2 is 0.690 bits per heavy atom. The van der Waals surface area contributed by atoms with Gasteiger partial charge in [-0.3, -0.25) is 0 Å². The molecule has 42 heavy (non-hydrogen) atoms. The van der Waals surface area contributed by atoms with Gasteiger partial charge in [0.05, 0.1) is 5.69 Å². The number of rotatable bonds is 6. The van der Waals surface area contributed by atoms with Crippen LogP contribution < -0.4 is 9.80 Å². The summed E-state index contributed by atoms with van der Waals surface area (Å²) in [6, 6.07) is 60.8. The quantitative estimate of drug-likeness (QED) is 0.195. The second kappa shape index (κ2) is 10.1. The Balaban J connectivity index is 1.37. The van der Waals surface area contributed by atoms with E-state index in [1.807, 2.05) is 0 Å². The first-order valence-electron chi connectivity index (χ1n) is 14.4. The maximum absolute atomic E-state index is 2.36. The minimum Gasteiger partial charge on any atom is -0.310 e. The molecule has 0 radical (unpaired) electrons. The molecular formula is C40H28N2. The molecule has 0 aromatic heterocycles. The van der Waals surface area contributed by atoms with E-state index in [9.17, 15) is 0 Å². The Morgan fingerprint density at radius 3 is 1.19 bits per heavy atom. The summed E-state index contributed by atoms with van der Waals surface area (Å²) in [6.45, 7) is 0. The van der Waals surface area contributed by atoms with E-state index in [1.165, 1.54) is 38.0 Å². The maximum atomic E-state index is 2.36. The molecule has 8 aromatic rings. The summed E-state index contributed by atoms with van der Waals surface area (Å²) >= 11 is 0. The van der Waals surface area contributed by atoms with Gasteiger partial charge in [0.2, 0.25) is 0 Å². The predicted octanol–water partition coefficient (Wildman–Crippen LogP) is 11.5. The van der Waals surface area contributed by atoms with Gasteiger partial charge >= 0.3 is 0 Å². The molecule has 0 saturated heterocycles. The van der Waals surface area contributed by atoms with E-state index in [2.05, 4.69) is 180 Å². The van der Waals surface area contributed by atoms with Gasteiger partial charge in [-0.25, -0.2) is 0 Å². The van der Waals surface area contributed by atoms with Crippen LogP contribution in [0.3, 0.4) is 0 Å². The van der Waals surface area contributed by atoms with Crippen molar-refractivity contribution in [3.05, 3.63) is 170 Å². The molecule has 0 aliphatic carbocycles. The molecule has 8 rings (SSSR count). The van der Waals surface area contributed by atoms with Crippen LogP contribution in [0.25, 0.3) is 32.3 Å². The predicted molar refractivity (Wildman–Crippen MR) is 180 cm³/mol. The number of para-hydroxylation sites is 4. The van der Waals surface area contributed by atoms with Crippen LogP contribution in [0.2, 0.25) is 0 Å². The molecule has 0 aliphatic heterocycles. The smallest absolute Gasteiger partial charge is 0.0540 e. The lowest BCUT2D eigenvalue weighted by Gasteiger charge is -2.28. The highest BCUT2D eigenvalue weighted by Gasteiger charge is 2.20. The molecule has 2 nitrogen and oxygen atoms in total. The molecule has 0 fully saturated rings. The van der Waals surface area contributed by atoms with Gasteiger partial charge in [0.25, 0.3) is 0 Å².